The lowest BCUT2D eigenvalue weighted by Crippen LogP contribution is -2.37. The first kappa shape index (κ1) is 15.1. The molecule has 0 saturated carbocycles. The molecule has 0 bridgehead atoms. The van der Waals surface area contributed by atoms with Crippen LogP contribution in [-0.4, -0.2) is 46.2 Å². The van der Waals surface area contributed by atoms with Crippen LogP contribution in [0.2, 0.25) is 0 Å². The van der Waals surface area contributed by atoms with E-state index in [9.17, 15) is 10.1 Å². The molecule has 1 aliphatic rings. The molecule has 1 aliphatic heterocycles. The molecule has 0 radical (unpaired) electrons. The molecule has 0 amide bonds. The Morgan fingerprint density at radius 1 is 1.30 bits per heavy atom. The molecule has 1 saturated heterocycles. The molecule has 3 rings (SSSR count). The topological polar surface area (TPSA) is 106 Å². The van der Waals surface area contributed by atoms with E-state index >= 15 is 0 Å². The lowest BCUT2D eigenvalue weighted by atomic mass is 10.3. The van der Waals surface area contributed by atoms with Crippen LogP contribution in [0.15, 0.2) is 24.7 Å². The van der Waals surface area contributed by atoms with Crippen molar-refractivity contribution in [2.24, 2.45) is 0 Å². The second-order valence-electron chi connectivity index (χ2n) is 5.09. The normalized spacial score (nSPS) is 14.6. The van der Waals surface area contributed by atoms with E-state index in [1.54, 1.807) is 12.3 Å². The van der Waals surface area contributed by atoms with E-state index in [1.807, 2.05) is 17.9 Å². The number of nitrogens with one attached hydrogen (secondary N) is 1. The van der Waals surface area contributed by atoms with E-state index in [-0.39, 0.29) is 11.5 Å². The highest BCUT2D eigenvalue weighted by molar-refractivity contribution is 5.73. The van der Waals surface area contributed by atoms with Gasteiger partial charge < -0.3 is 15.0 Å². The Morgan fingerprint density at radius 2 is 2.09 bits per heavy atom. The van der Waals surface area contributed by atoms with Crippen LogP contribution in [-0.2, 0) is 4.74 Å². The summed E-state index contributed by atoms with van der Waals surface area (Å²) in [6, 6.07) is 3.64. The fourth-order valence-electron chi connectivity index (χ4n) is 2.36. The van der Waals surface area contributed by atoms with Crippen LogP contribution in [0.1, 0.15) is 5.56 Å². The summed E-state index contributed by atoms with van der Waals surface area (Å²) in [7, 11) is 0. The van der Waals surface area contributed by atoms with E-state index in [2.05, 4.69) is 20.3 Å². The Labute approximate surface area is 132 Å². The van der Waals surface area contributed by atoms with Gasteiger partial charge in [0.05, 0.1) is 18.1 Å². The Hall–Kier alpha value is -2.81. The van der Waals surface area contributed by atoms with Crippen molar-refractivity contribution in [3.05, 3.63) is 40.3 Å². The standard InChI is InChI=1S/C14H16N6O3/c1-10-2-3-15-11(8-10)18-13-12(20(21)22)14(17-9-16-13)19-4-6-23-7-5-19/h2-3,8-9H,4-7H2,1H3,(H,15,16,17,18). The molecule has 2 aromatic rings. The van der Waals surface area contributed by atoms with E-state index < -0.39 is 4.92 Å². The van der Waals surface area contributed by atoms with Gasteiger partial charge in [-0.1, -0.05) is 0 Å². The zero-order valence-corrected chi connectivity index (χ0v) is 12.6. The van der Waals surface area contributed by atoms with Gasteiger partial charge in [-0.05, 0) is 24.6 Å². The molecule has 0 aliphatic carbocycles. The van der Waals surface area contributed by atoms with Crippen LogP contribution in [0.3, 0.4) is 0 Å². The van der Waals surface area contributed by atoms with Gasteiger partial charge in [0, 0.05) is 19.3 Å². The van der Waals surface area contributed by atoms with Crippen molar-refractivity contribution in [2.45, 2.75) is 6.92 Å². The highest BCUT2D eigenvalue weighted by atomic mass is 16.6. The molecule has 9 heteroatoms. The quantitative estimate of drug-likeness (QED) is 0.670. The Bertz CT molecular complexity index is 717. The van der Waals surface area contributed by atoms with Crippen LogP contribution < -0.4 is 10.2 Å². The maximum Gasteiger partial charge on any atom is 0.353 e. The lowest BCUT2D eigenvalue weighted by Gasteiger charge is -2.27. The van der Waals surface area contributed by atoms with Gasteiger partial charge in [-0.15, -0.1) is 0 Å². The average molecular weight is 316 g/mol. The van der Waals surface area contributed by atoms with Crippen molar-refractivity contribution in [1.29, 1.82) is 0 Å². The predicted octanol–water partition coefficient (Wildman–Crippen LogP) is 1.67. The molecule has 0 aromatic carbocycles. The number of morpholine rings is 1. The average Bonchev–Trinajstić information content (AvgIpc) is 2.55. The van der Waals surface area contributed by atoms with E-state index in [1.165, 1.54) is 6.33 Å². The SMILES string of the molecule is Cc1ccnc(Nc2ncnc(N3CCOCC3)c2[N+](=O)[O-])c1. The second kappa shape index (κ2) is 6.53. The van der Waals surface area contributed by atoms with Crippen LogP contribution in [0.25, 0.3) is 0 Å². The number of pyridine rings is 1. The number of hydrogen-bond donors (Lipinski definition) is 1. The maximum absolute atomic E-state index is 11.5. The monoisotopic (exact) mass is 316 g/mol. The van der Waals surface area contributed by atoms with Gasteiger partial charge in [-0.3, -0.25) is 10.1 Å². The minimum absolute atomic E-state index is 0.129. The highest BCUT2D eigenvalue weighted by Crippen LogP contribution is 2.33. The van der Waals surface area contributed by atoms with Crippen LogP contribution in [0.4, 0.5) is 23.1 Å². The van der Waals surface area contributed by atoms with Gasteiger partial charge in [0.1, 0.15) is 12.1 Å². The molecule has 1 N–H and O–H groups in total. The summed E-state index contributed by atoms with van der Waals surface area (Å²) < 4.78 is 5.28. The first-order valence-electron chi connectivity index (χ1n) is 7.17. The fourth-order valence-corrected chi connectivity index (χ4v) is 2.36. The number of rotatable bonds is 4. The number of aromatic nitrogens is 3. The van der Waals surface area contributed by atoms with Crippen molar-refractivity contribution in [1.82, 2.24) is 15.0 Å². The molecular formula is C14H16N6O3. The highest BCUT2D eigenvalue weighted by Gasteiger charge is 2.28. The van der Waals surface area contributed by atoms with Gasteiger partial charge in [0.15, 0.2) is 0 Å². The number of anilines is 3. The van der Waals surface area contributed by atoms with E-state index in [0.717, 1.165) is 5.56 Å². The zero-order valence-electron chi connectivity index (χ0n) is 12.6. The minimum atomic E-state index is -0.469. The van der Waals surface area contributed by atoms with Gasteiger partial charge >= 0.3 is 5.69 Å². The van der Waals surface area contributed by atoms with Crippen molar-refractivity contribution < 1.29 is 9.66 Å². The van der Waals surface area contributed by atoms with Crippen molar-refractivity contribution in [3.63, 3.8) is 0 Å². The third-order valence-electron chi connectivity index (χ3n) is 3.46. The smallest absolute Gasteiger partial charge is 0.353 e. The number of ether oxygens (including phenoxy) is 1. The second-order valence-corrected chi connectivity index (χ2v) is 5.09. The number of nitrogens with zero attached hydrogens (tertiary/aromatic N) is 5. The summed E-state index contributed by atoms with van der Waals surface area (Å²) >= 11 is 0. The predicted molar refractivity (Wildman–Crippen MR) is 84.0 cm³/mol. The van der Waals surface area contributed by atoms with Gasteiger partial charge in [0.25, 0.3) is 0 Å². The third-order valence-corrected chi connectivity index (χ3v) is 3.46. The molecule has 9 nitrogen and oxygen atoms in total. The first-order chi connectivity index (χ1) is 11.1. The molecule has 0 spiro atoms. The Kier molecular flexibility index (Phi) is 4.29. The largest absolute Gasteiger partial charge is 0.378 e. The Balaban J connectivity index is 1.97. The van der Waals surface area contributed by atoms with Gasteiger partial charge in [-0.2, -0.15) is 0 Å². The summed E-state index contributed by atoms with van der Waals surface area (Å²) in [5, 5.41) is 14.5. The van der Waals surface area contributed by atoms with Crippen LogP contribution >= 0.6 is 0 Å². The third kappa shape index (κ3) is 3.34. The molecule has 0 unspecified atom stereocenters. The number of nitro groups is 1. The van der Waals surface area contributed by atoms with Crippen LogP contribution in [0.5, 0.6) is 0 Å². The molecule has 0 atom stereocenters. The summed E-state index contributed by atoms with van der Waals surface area (Å²) in [6.07, 6.45) is 2.95. The van der Waals surface area contributed by atoms with Crippen LogP contribution in [0, 0.1) is 17.0 Å². The molecule has 120 valence electrons. The van der Waals surface area contributed by atoms with E-state index in [4.69, 9.17) is 4.74 Å². The van der Waals surface area contributed by atoms with Gasteiger partial charge in [0.2, 0.25) is 11.6 Å². The minimum Gasteiger partial charge on any atom is -0.378 e. The molecule has 3 heterocycles. The van der Waals surface area contributed by atoms with Crippen molar-refractivity contribution >= 4 is 23.1 Å². The number of aryl methyl sites for hydroxylation is 1. The van der Waals surface area contributed by atoms with Crippen molar-refractivity contribution in [2.75, 3.05) is 36.5 Å². The summed E-state index contributed by atoms with van der Waals surface area (Å²) in [6.45, 7) is 4.06. The zero-order chi connectivity index (χ0) is 16.2. The molecular weight excluding hydrogens is 300 g/mol. The van der Waals surface area contributed by atoms with Gasteiger partial charge in [-0.25, -0.2) is 15.0 Å². The van der Waals surface area contributed by atoms with E-state index in [0.29, 0.717) is 37.9 Å². The first-order valence-corrected chi connectivity index (χ1v) is 7.17. The summed E-state index contributed by atoms with van der Waals surface area (Å²) in [5.74, 6) is 0.924. The maximum atomic E-state index is 11.5. The fraction of sp³-hybridized carbons (Fsp3) is 0.357. The molecule has 1 fully saturated rings. The molecule has 2 aromatic heterocycles. The summed E-state index contributed by atoms with van der Waals surface area (Å²) in [5.41, 5.74) is 0.838. The van der Waals surface area contributed by atoms with Crippen molar-refractivity contribution in [3.8, 4) is 0 Å². The lowest BCUT2D eigenvalue weighted by molar-refractivity contribution is -0.383. The Morgan fingerprint density at radius 3 is 2.78 bits per heavy atom. The summed E-state index contributed by atoms with van der Waals surface area (Å²) in [4.78, 5) is 25.2. The number of hydrogen-bond acceptors (Lipinski definition) is 8. The molecule has 23 heavy (non-hydrogen) atoms.